The van der Waals surface area contributed by atoms with Gasteiger partial charge in [-0.25, -0.2) is 12.8 Å². The van der Waals surface area contributed by atoms with Crippen LogP contribution in [0.25, 0.3) is 0 Å². The molecule has 0 aliphatic heterocycles. The fourth-order valence-corrected chi connectivity index (χ4v) is 4.28. The van der Waals surface area contributed by atoms with Crippen molar-refractivity contribution in [2.75, 3.05) is 22.5 Å². The van der Waals surface area contributed by atoms with E-state index < -0.39 is 21.4 Å². The number of nitrogens with zero attached hydrogens (tertiary/aromatic N) is 2. The maximum absolute atomic E-state index is 13.9. The van der Waals surface area contributed by atoms with Crippen LogP contribution in [0.2, 0.25) is 0 Å². The van der Waals surface area contributed by atoms with E-state index in [1.807, 2.05) is 11.9 Å². The lowest BCUT2D eigenvalue weighted by molar-refractivity contribution is 0.329. The van der Waals surface area contributed by atoms with Crippen molar-refractivity contribution >= 4 is 21.4 Å². The zero-order valence-electron chi connectivity index (χ0n) is 16.3. The summed E-state index contributed by atoms with van der Waals surface area (Å²) in [6.45, 7) is 13.8. The molecule has 0 bridgehead atoms. The molecule has 0 radical (unpaired) electrons. The fraction of sp³-hybridized carbons (Fsp3) is 0.667. The molecule has 138 valence electrons. The third-order valence-corrected chi connectivity index (χ3v) is 5.72. The largest absolute Gasteiger partial charge is 0.370 e. The van der Waals surface area contributed by atoms with Crippen molar-refractivity contribution in [1.29, 1.82) is 0 Å². The lowest BCUT2D eigenvalue weighted by atomic mass is 9.87. The van der Waals surface area contributed by atoms with Gasteiger partial charge in [-0.1, -0.05) is 20.8 Å². The number of anilines is 2. The molecule has 0 aliphatic rings. The van der Waals surface area contributed by atoms with E-state index in [1.165, 1.54) is 16.4 Å². The SMILES string of the molecule is CC(N(C)c1ccc(F)cc1N(C(C)(C)C)S(C)(=O)=O)C(C)(C)C. The second kappa shape index (κ2) is 6.54. The molecule has 24 heavy (non-hydrogen) atoms. The van der Waals surface area contributed by atoms with Gasteiger partial charge in [0.05, 0.1) is 17.6 Å². The van der Waals surface area contributed by atoms with Crippen molar-refractivity contribution in [3.05, 3.63) is 24.0 Å². The molecule has 1 unspecified atom stereocenters. The maximum Gasteiger partial charge on any atom is 0.232 e. The van der Waals surface area contributed by atoms with Gasteiger partial charge in [-0.3, -0.25) is 4.31 Å². The van der Waals surface area contributed by atoms with Crippen molar-refractivity contribution in [2.45, 2.75) is 60.0 Å². The molecule has 0 saturated heterocycles. The van der Waals surface area contributed by atoms with E-state index in [2.05, 4.69) is 27.7 Å². The molecule has 4 nitrogen and oxygen atoms in total. The van der Waals surface area contributed by atoms with Gasteiger partial charge in [0.2, 0.25) is 10.0 Å². The van der Waals surface area contributed by atoms with Crippen LogP contribution in [0.3, 0.4) is 0 Å². The summed E-state index contributed by atoms with van der Waals surface area (Å²) >= 11 is 0. The Morgan fingerprint density at radius 3 is 1.92 bits per heavy atom. The Morgan fingerprint density at radius 2 is 1.54 bits per heavy atom. The molecule has 1 aromatic rings. The number of hydrogen-bond acceptors (Lipinski definition) is 3. The molecule has 0 amide bonds. The smallest absolute Gasteiger partial charge is 0.232 e. The predicted molar refractivity (Wildman–Crippen MR) is 101 cm³/mol. The average Bonchev–Trinajstić information content (AvgIpc) is 2.32. The van der Waals surface area contributed by atoms with E-state index in [9.17, 15) is 12.8 Å². The highest BCUT2D eigenvalue weighted by Gasteiger charge is 2.34. The van der Waals surface area contributed by atoms with Gasteiger partial charge in [-0.05, 0) is 45.2 Å². The van der Waals surface area contributed by atoms with Crippen LogP contribution in [0.4, 0.5) is 15.8 Å². The molecule has 1 rings (SSSR count). The molecule has 0 heterocycles. The van der Waals surface area contributed by atoms with E-state index in [4.69, 9.17) is 0 Å². The summed E-state index contributed by atoms with van der Waals surface area (Å²) in [7, 11) is -1.66. The van der Waals surface area contributed by atoms with Crippen molar-refractivity contribution in [3.63, 3.8) is 0 Å². The Bertz CT molecular complexity index is 688. The van der Waals surface area contributed by atoms with E-state index >= 15 is 0 Å². The first-order valence-electron chi connectivity index (χ1n) is 8.09. The first-order chi connectivity index (χ1) is 10.6. The Labute approximate surface area is 146 Å². The topological polar surface area (TPSA) is 40.6 Å². The van der Waals surface area contributed by atoms with Crippen LogP contribution >= 0.6 is 0 Å². The minimum atomic E-state index is -3.57. The summed E-state index contributed by atoms with van der Waals surface area (Å²) in [5.74, 6) is -0.455. The van der Waals surface area contributed by atoms with Crippen LogP contribution < -0.4 is 9.21 Å². The third kappa shape index (κ3) is 4.62. The second-order valence-corrected chi connectivity index (χ2v) is 10.3. The van der Waals surface area contributed by atoms with Gasteiger partial charge in [-0.15, -0.1) is 0 Å². The molecule has 0 fully saturated rings. The van der Waals surface area contributed by atoms with Crippen LogP contribution in [0.5, 0.6) is 0 Å². The third-order valence-electron chi connectivity index (χ3n) is 4.31. The Morgan fingerprint density at radius 1 is 1.04 bits per heavy atom. The van der Waals surface area contributed by atoms with E-state index in [-0.39, 0.29) is 11.5 Å². The molecule has 1 aromatic carbocycles. The van der Waals surface area contributed by atoms with E-state index in [1.54, 1.807) is 26.8 Å². The highest BCUT2D eigenvalue weighted by molar-refractivity contribution is 7.92. The van der Waals surface area contributed by atoms with Crippen molar-refractivity contribution in [2.24, 2.45) is 5.41 Å². The summed E-state index contributed by atoms with van der Waals surface area (Å²) in [6.07, 6.45) is 1.15. The monoisotopic (exact) mass is 358 g/mol. The van der Waals surface area contributed by atoms with Gasteiger partial charge in [0.25, 0.3) is 0 Å². The van der Waals surface area contributed by atoms with E-state index in [0.717, 1.165) is 6.26 Å². The molecule has 0 aromatic heterocycles. The van der Waals surface area contributed by atoms with Gasteiger partial charge < -0.3 is 4.90 Å². The van der Waals surface area contributed by atoms with Crippen molar-refractivity contribution < 1.29 is 12.8 Å². The minimum absolute atomic E-state index is 0.0158. The summed E-state index contributed by atoms with van der Waals surface area (Å²) < 4.78 is 40.1. The number of rotatable bonds is 4. The van der Waals surface area contributed by atoms with Crippen LogP contribution in [0, 0.1) is 11.2 Å². The number of hydrogen-bond donors (Lipinski definition) is 0. The molecular formula is C18H31FN2O2S. The quantitative estimate of drug-likeness (QED) is 0.807. The number of sulfonamides is 1. The van der Waals surface area contributed by atoms with Crippen LogP contribution in [0.1, 0.15) is 48.5 Å². The predicted octanol–water partition coefficient (Wildman–Crippen LogP) is 4.26. The van der Waals surface area contributed by atoms with Gasteiger partial charge >= 0.3 is 0 Å². The van der Waals surface area contributed by atoms with Crippen LogP contribution in [-0.4, -0.2) is 33.3 Å². The number of benzene rings is 1. The highest BCUT2D eigenvalue weighted by atomic mass is 32.2. The summed E-state index contributed by atoms with van der Waals surface area (Å²) in [5.41, 5.74) is 0.336. The standard InChI is InChI=1S/C18H31FN2O2S/c1-13(17(2,3)4)20(8)15-11-10-14(19)12-16(15)21(18(5,6)7)24(9,22)23/h10-13H,1-9H3. The Kier molecular flexibility index (Phi) is 5.65. The summed E-state index contributed by atoms with van der Waals surface area (Å²) in [4.78, 5) is 2.01. The fourth-order valence-electron chi connectivity index (χ4n) is 2.78. The first-order valence-corrected chi connectivity index (χ1v) is 9.94. The Hall–Kier alpha value is -1.30. The molecule has 1 atom stereocenters. The van der Waals surface area contributed by atoms with E-state index in [0.29, 0.717) is 11.4 Å². The molecule has 6 heteroatoms. The normalized spacial score (nSPS) is 14.4. The molecule has 0 saturated carbocycles. The lowest BCUT2D eigenvalue weighted by Crippen LogP contribution is -2.47. The lowest BCUT2D eigenvalue weighted by Gasteiger charge is -2.41. The molecule has 0 aliphatic carbocycles. The van der Waals surface area contributed by atoms with Crippen molar-refractivity contribution in [1.82, 2.24) is 0 Å². The number of halogens is 1. The zero-order valence-corrected chi connectivity index (χ0v) is 17.1. The maximum atomic E-state index is 13.9. The van der Waals surface area contributed by atoms with Crippen LogP contribution in [-0.2, 0) is 10.0 Å². The average molecular weight is 359 g/mol. The van der Waals surface area contributed by atoms with Gasteiger partial charge in [-0.2, -0.15) is 0 Å². The highest BCUT2D eigenvalue weighted by Crippen LogP contribution is 2.38. The van der Waals surface area contributed by atoms with Gasteiger partial charge in [0.1, 0.15) is 5.82 Å². The van der Waals surface area contributed by atoms with Crippen molar-refractivity contribution in [3.8, 4) is 0 Å². The summed E-state index contributed by atoms with van der Waals surface area (Å²) in [6, 6.07) is 4.45. The first kappa shape index (κ1) is 20.7. The second-order valence-electron chi connectivity index (χ2n) is 8.48. The summed E-state index contributed by atoms with van der Waals surface area (Å²) in [5, 5.41) is 0. The zero-order chi connectivity index (χ0) is 19.1. The Balaban J connectivity index is 3.62. The van der Waals surface area contributed by atoms with Gasteiger partial charge in [0, 0.05) is 24.7 Å². The van der Waals surface area contributed by atoms with Gasteiger partial charge in [0.15, 0.2) is 0 Å². The minimum Gasteiger partial charge on any atom is -0.370 e. The molecular weight excluding hydrogens is 327 g/mol. The van der Waals surface area contributed by atoms with Crippen LogP contribution in [0.15, 0.2) is 18.2 Å². The molecule has 0 spiro atoms. The molecule has 0 N–H and O–H groups in total.